The third-order valence-electron chi connectivity index (χ3n) is 6.84. The summed E-state index contributed by atoms with van der Waals surface area (Å²) in [6, 6.07) is 6.83. The van der Waals surface area contributed by atoms with E-state index in [1.165, 1.54) is 55.0 Å². The zero-order valence-electron chi connectivity index (χ0n) is 17.3. The molecule has 2 atom stereocenters. The van der Waals surface area contributed by atoms with Gasteiger partial charge in [0.05, 0.1) is 0 Å². The molecule has 1 saturated heterocycles. The Morgan fingerprint density at radius 1 is 1.17 bits per heavy atom. The lowest BCUT2D eigenvalue weighted by Crippen LogP contribution is -2.48. The van der Waals surface area contributed by atoms with Crippen LogP contribution in [0, 0.1) is 24.7 Å². The summed E-state index contributed by atoms with van der Waals surface area (Å²) in [6.45, 7) is 5.47. The van der Waals surface area contributed by atoms with Crippen molar-refractivity contribution < 1.29 is 4.79 Å². The van der Waals surface area contributed by atoms with Crippen molar-refractivity contribution in [1.29, 1.82) is 0 Å². The smallest absolute Gasteiger partial charge is 0.227 e. The Hall–Kier alpha value is -0.460. The van der Waals surface area contributed by atoms with Gasteiger partial charge in [0, 0.05) is 48.8 Å². The Labute approximate surface area is 191 Å². The van der Waals surface area contributed by atoms with Gasteiger partial charge < -0.3 is 11.1 Å². The van der Waals surface area contributed by atoms with Gasteiger partial charge in [0.1, 0.15) is 0 Å². The van der Waals surface area contributed by atoms with Gasteiger partial charge in [-0.05, 0) is 61.6 Å². The van der Waals surface area contributed by atoms with Gasteiger partial charge in [-0.3, -0.25) is 9.69 Å². The molecular formula is C22H35Cl2N3OS. The molecule has 4 nitrogen and oxygen atoms in total. The van der Waals surface area contributed by atoms with E-state index in [0.29, 0.717) is 17.9 Å². The van der Waals surface area contributed by atoms with Crippen molar-refractivity contribution in [3.63, 3.8) is 0 Å². The summed E-state index contributed by atoms with van der Waals surface area (Å²) in [5, 5.41) is 3.22. The topological polar surface area (TPSA) is 58.4 Å². The molecule has 2 saturated carbocycles. The van der Waals surface area contributed by atoms with Gasteiger partial charge >= 0.3 is 0 Å². The number of benzene rings is 1. The maximum Gasteiger partial charge on any atom is 0.227 e. The zero-order valence-corrected chi connectivity index (χ0v) is 19.7. The SMILES string of the molecule is Cc1cc(CN2CCSCC2)ccc1NC(=O)C1CC2CCCC(C1)C2N.Cl.Cl. The van der Waals surface area contributed by atoms with Crippen LogP contribution in [0.25, 0.3) is 0 Å². The number of nitrogens with zero attached hydrogens (tertiary/aromatic N) is 1. The normalized spacial score (nSPS) is 29.3. The lowest BCUT2D eigenvalue weighted by atomic mass is 9.65. The van der Waals surface area contributed by atoms with Crippen molar-refractivity contribution in [1.82, 2.24) is 4.90 Å². The first-order valence-electron chi connectivity index (χ1n) is 10.6. The highest BCUT2D eigenvalue weighted by Gasteiger charge is 2.40. The molecule has 1 amide bonds. The van der Waals surface area contributed by atoms with Crippen LogP contribution in [0.3, 0.4) is 0 Å². The minimum absolute atomic E-state index is 0. The van der Waals surface area contributed by atoms with Crippen LogP contribution in [-0.4, -0.2) is 41.4 Å². The van der Waals surface area contributed by atoms with Crippen molar-refractivity contribution >= 4 is 48.2 Å². The van der Waals surface area contributed by atoms with Gasteiger partial charge in [0.2, 0.25) is 5.91 Å². The average Bonchev–Trinajstić information content (AvgIpc) is 2.64. The molecule has 4 rings (SSSR count). The minimum atomic E-state index is 0. The number of anilines is 1. The first-order chi connectivity index (χ1) is 13.1. The highest BCUT2D eigenvalue weighted by Crippen LogP contribution is 2.42. The van der Waals surface area contributed by atoms with Crippen LogP contribution in [-0.2, 0) is 11.3 Å². The molecule has 1 aromatic carbocycles. The van der Waals surface area contributed by atoms with E-state index in [4.69, 9.17) is 5.73 Å². The second kappa shape index (κ2) is 11.2. The van der Waals surface area contributed by atoms with Gasteiger partial charge in [-0.25, -0.2) is 0 Å². The van der Waals surface area contributed by atoms with E-state index in [-0.39, 0.29) is 36.6 Å². The molecule has 29 heavy (non-hydrogen) atoms. The number of thioether (sulfide) groups is 1. The molecule has 0 aromatic heterocycles. The maximum absolute atomic E-state index is 12.9. The Morgan fingerprint density at radius 2 is 1.83 bits per heavy atom. The number of carbonyl (C=O) groups excluding carboxylic acids is 1. The van der Waals surface area contributed by atoms with E-state index in [9.17, 15) is 4.79 Å². The molecule has 7 heteroatoms. The van der Waals surface area contributed by atoms with Gasteiger partial charge in [-0.15, -0.1) is 24.8 Å². The molecule has 1 aliphatic heterocycles. The van der Waals surface area contributed by atoms with E-state index < -0.39 is 0 Å². The summed E-state index contributed by atoms with van der Waals surface area (Å²) >= 11 is 2.04. The second-order valence-corrected chi connectivity index (χ2v) is 9.95. The quantitative estimate of drug-likeness (QED) is 0.696. The van der Waals surface area contributed by atoms with Crippen molar-refractivity contribution in [2.24, 2.45) is 23.5 Å². The molecule has 2 aliphatic carbocycles. The predicted octanol–water partition coefficient (Wildman–Crippen LogP) is 4.48. The molecule has 164 valence electrons. The fourth-order valence-electron chi connectivity index (χ4n) is 5.22. The Balaban J connectivity index is 0.00000150. The van der Waals surface area contributed by atoms with Gasteiger partial charge in [-0.2, -0.15) is 11.8 Å². The van der Waals surface area contributed by atoms with E-state index in [1.807, 2.05) is 11.8 Å². The summed E-state index contributed by atoms with van der Waals surface area (Å²) in [4.78, 5) is 15.4. The number of rotatable bonds is 4. The fraction of sp³-hybridized carbons (Fsp3) is 0.682. The molecule has 3 aliphatic rings. The third kappa shape index (κ3) is 6.04. The number of amides is 1. The average molecular weight is 461 g/mol. The largest absolute Gasteiger partial charge is 0.327 e. The van der Waals surface area contributed by atoms with Crippen LogP contribution in [0.1, 0.15) is 43.2 Å². The first-order valence-corrected chi connectivity index (χ1v) is 11.7. The molecule has 0 radical (unpaired) electrons. The van der Waals surface area contributed by atoms with Crippen LogP contribution in [0.15, 0.2) is 18.2 Å². The van der Waals surface area contributed by atoms with E-state index >= 15 is 0 Å². The third-order valence-corrected chi connectivity index (χ3v) is 7.78. The van der Waals surface area contributed by atoms with Gasteiger partial charge in [-0.1, -0.05) is 18.6 Å². The standard InChI is InChI=1S/C22H33N3OS.2ClH/c1-15-11-16(14-25-7-9-27-10-8-25)5-6-20(15)24-22(26)19-12-17-3-2-4-18(13-19)21(17)23;;/h5-6,11,17-19,21H,2-4,7-10,12-14,23H2,1H3,(H,24,26);2*1H. The van der Waals surface area contributed by atoms with Crippen molar-refractivity contribution in [3.05, 3.63) is 29.3 Å². The zero-order chi connectivity index (χ0) is 18.8. The molecule has 2 unspecified atom stereocenters. The number of hydrogen-bond donors (Lipinski definition) is 2. The number of nitrogens with one attached hydrogen (secondary N) is 1. The highest BCUT2D eigenvalue weighted by atomic mass is 35.5. The molecule has 2 bridgehead atoms. The van der Waals surface area contributed by atoms with Crippen LogP contribution >= 0.6 is 36.6 Å². The van der Waals surface area contributed by atoms with Crippen LogP contribution < -0.4 is 11.1 Å². The lowest BCUT2D eigenvalue weighted by Gasteiger charge is -2.43. The van der Waals surface area contributed by atoms with E-state index in [0.717, 1.165) is 25.1 Å². The number of fused-ring (bicyclic) bond motifs is 2. The molecule has 0 spiro atoms. The van der Waals surface area contributed by atoms with Crippen LogP contribution in [0.2, 0.25) is 0 Å². The summed E-state index contributed by atoms with van der Waals surface area (Å²) in [5.74, 6) is 3.88. The summed E-state index contributed by atoms with van der Waals surface area (Å²) in [7, 11) is 0. The molecule has 1 aromatic rings. The van der Waals surface area contributed by atoms with Crippen molar-refractivity contribution in [2.45, 2.75) is 51.6 Å². The minimum Gasteiger partial charge on any atom is -0.327 e. The second-order valence-electron chi connectivity index (χ2n) is 8.72. The fourth-order valence-corrected chi connectivity index (χ4v) is 6.20. The number of halogens is 2. The van der Waals surface area contributed by atoms with Gasteiger partial charge in [0.25, 0.3) is 0 Å². The maximum atomic E-state index is 12.9. The monoisotopic (exact) mass is 459 g/mol. The van der Waals surface area contributed by atoms with Crippen LogP contribution in [0.4, 0.5) is 5.69 Å². The summed E-state index contributed by atoms with van der Waals surface area (Å²) < 4.78 is 0. The summed E-state index contributed by atoms with van der Waals surface area (Å²) in [6.07, 6.45) is 5.61. The number of hydrogen-bond acceptors (Lipinski definition) is 4. The highest BCUT2D eigenvalue weighted by molar-refractivity contribution is 7.99. The van der Waals surface area contributed by atoms with Crippen LogP contribution in [0.5, 0.6) is 0 Å². The first kappa shape index (κ1) is 24.8. The number of aryl methyl sites for hydroxylation is 1. The lowest BCUT2D eigenvalue weighted by molar-refractivity contribution is -0.122. The Kier molecular flexibility index (Phi) is 9.62. The molecule has 3 N–H and O–H groups in total. The molecule has 1 heterocycles. The van der Waals surface area contributed by atoms with E-state index in [1.54, 1.807) is 0 Å². The van der Waals surface area contributed by atoms with E-state index in [2.05, 4.69) is 35.3 Å². The number of nitrogens with two attached hydrogens (primary N) is 1. The van der Waals surface area contributed by atoms with Gasteiger partial charge in [0.15, 0.2) is 0 Å². The molecule has 3 fully saturated rings. The molecular weight excluding hydrogens is 425 g/mol. The Bertz CT molecular complexity index is 670. The predicted molar refractivity (Wildman–Crippen MR) is 128 cm³/mol. The summed E-state index contributed by atoms with van der Waals surface area (Å²) in [5.41, 5.74) is 9.86. The Morgan fingerprint density at radius 3 is 2.45 bits per heavy atom. The van der Waals surface area contributed by atoms with Crippen molar-refractivity contribution in [3.8, 4) is 0 Å². The van der Waals surface area contributed by atoms with Crippen molar-refractivity contribution in [2.75, 3.05) is 29.9 Å². The number of carbonyl (C=O) groups is 1.